The molecule has 0 atom stereocenters. The summed E-state index contributed by atoms with van der Waals surface area (Å²) in [6, 6.07) is 3.17. The summed E-state index contributed by atoms with van der Waals surface area (Å²) in [7, 11) is 3.53. The van der Waals surface area contributed by atoms with Crippen LogP contribution in [0, 0.1) is 0 Å². The van der Waals surface area contributed by atoms with Gasteiger partial charge in [0.2, 0.25) is 0 Å². The van der Waals surface area contributed by atoms with Crippen LogP contribution >= 0.6 is 0 Å². The number of hydrogen-bond donors (Lipinski definition) is 2. The molecule has 0 saturated heterocycles. The van der Waals surface area contributed by atoms with Gasteiger partial charge in [0.15, 0.2) is 11.5 Å². The molecule has 2 aromatic heterocycles. The van der Waals surface area contributed by atoms with Gasteiger partial charge in [0.05, 0.1) is 6.20 Å². The Hall–Kier alpha value is -2.48. The monoisotopic (exact) mass is 261 g/mol. The third-order valence-electron chi connectivity index (χ3n) is 2.56. The van der Waals surface area contributed by atoms with Crippen molar-refractivity contribution in [2.45, 2.75) is 6.54 Å². The van der Waals surface area contributed by atoms with Crippen LogP contribution in [-0.4, -0.2) is 37.8 Å². The lowest BCUT2D eigenvalue weighted by molar-refractivity contribution is 0.0778. The molecule has 0 aliphatic heterocycles. The molecule has 0 fully saturated rings. The van der Waals surface area contributed by atoms with Crippen molar-refractivity contribution in [1.29, 1.82) is 0 Å². The Balaban J connectivity index is 2.05. The highest BCUT2D eigenvalue weighted by Gasteiger charge is 2.14. The minimum Gasteiger partial charge on any atom is -0.336 e. The number of amides is 1. The zero-order chi connectivity index (χ0) is 13.8. The summed E-state index contributed by atoms with van der Waals surface area (Å²) in [6.45, 7) is 0.464. The molecule has 1 amide bonds. The van der Waals surface area contributed by atoms with Gasteiger partial charge >= 0.3 is 0 Å². The first-order chi connectivity index (χ1) is 9.10. The maximum absolute atomic E-state index is 12.1. The largest absolute Gasteiger partial charge is 0.336 e. The third-order valence-corrected chi connectivity index (χ3v) is 2.56. The molecule has 2 rings (SSSR count). The Bertz CT molecular complexity index is 563. The molecular weight excluding hydrogens is 246 g/mol. The van der Waals surface area contributed by atoms with Crippen LogP contribution in [-0.2, 0) is 13.6 Å². The second-order valence-electron chi connectivity index (χ2n) is 4.13. The Morgan fingerprint density at radius 2 is 2.26 bits per heavy atom. The first kappa shape index (κ1) is 13.0. The van der Waals surface area contributed by atoms with Gasteiger partial charge in [-0.05, 0) is 12.1 Å². The van der Waals surface area contributed by atoms with Gasteiger partial charge in [-0.3, -0.25) is 9.48 Å². The first-order valence-corrected chi connectivity index (χ1v) is 5.63. The molecule has 0 radical (unpaired) electrons. The van der Waals surface area contributed by atoms with E-state index in [1.54, 1.807) is 35.0 Å². The Morgan fingerprint density at radius 3 is 2.79 bits per heavy atom. The van der Waals surface area contributed by atoms with Crippen LogP contribution in [0.5, 0.6) is 0 Å². The lowest BCUT2D eigenvalue weighted by Gasteiger charge is -2.15. The van der Waals surface area contributed by atoms with Gasteiger partial charge in [0, 0.05) is 32.4 Å². The van der Waals surface area contributed by atoms with Crippen molar-refractivity contribution in [2.24, 2.45) is 12.9 Å². The number of aryl methyl sites for hydroxylation is 1. The molecule has 0 aliphatic carbocycles. The molecule has 8 nitrogen and oxygen atoms in total. The summed E-state index contributed by atoms with van der Waals surface area (Å²) in [6.07, 6.45) is 3.58. The second kappa shape index (κ2) is 5.44. The number of hydrogen-bond acceptors (Lipinski definition) is 6. The topological polar surface area (TPSA) is 102 Å². The Morgan fingerprint density at radius 1 is 1.47 bits per heavy atom. The standard InChI is InChI=1S/C11H15N7O/c1-17(6-8-5-13-18(2)7-8)11(19)9-3-4-10(14-12)16-15-9/h3-5,7H,6,12H2,1-2H3,(H,14,16). The molecular formula is C11H15N7O. The SMILES string of the molecule is CN(Cc1cnn(C)c1)C(=O)c1ccc(NN)nn1. The number of nitrogens with two attached hydrogens (primary N) is 1. The highest BCUT2D eigenvalue weighted by molar-refractivity contribution is 5.92. The van der Waals surface area contributed by atoms with Crippen LogP contribution in [0.1, 0.15) is 16.1 Å². The van der Waals surface area contributed by atoms with Gasteiger partial charge in [0.1, 0.15) is 0 Å². The van der Waals surface area contributed by atoms with Gasteiger partial charge in [0.25, 0.3) is 5.91 Å². The van der Waals surface area contributed by atoms with Crippen LogP contribution in [0.15, 0.2) is 24.5 Å². The number of aromatic nitrogens is 4. The van der Waals surface area contributed by atoms with E-state index in [9.17, 15) is 4.79 Å². The van der Waals surface area contributed by atoms with Crippen molar-refractivity contribution in [3.63, 3.8) is 0 Å². The third kappa shape index (κ3) is 3.05. The second-order valence-corrected chi connectivity index (χ2v) is 4.13. The Labute approximate surface area is 110 Å². The zero-order valence-corrected chi connectivity index (χ0v) is 10.7. The van der Waals surface area contributed by atoms with E-state index in [-0.39, 0.29) is 11.6 Å². The minimum atomic E-state index is -0.208. The number of rotatable bonds is 4. The summed E-state index contributed by atoms with van der Waals surface area (Å²) >= 11 is 0. The van der Waals surface area contributed by atoms with Crippen LogP contribution < -0.4 is 11.3 Å². The summed E-state index contributed by atoms with van der Waals surface area (Å²) in [5.74, 6) is 5.38. The number of carbonyl (C=O) groups is 1. The molecule has 8 heteroatoms. The van der Waals surface area contributed by atoms with Crippen LogP contribution in [0.4, 0.5) is 5.82 Å². The fourth-order valence-corrected chi connectivity index (χ4v) is 1.62. The number of hydrazine groups is 1. The smallest absolute Gasteiger partial charge is 0.274 e. The fourth-order valence-electron chi connectivity index (χ4n) is 1.62. The summed E-state index contributed by atoms with van der Waals surface area (Å²) in [5, 5.41) is 11.6. The molecule has 0 aliphatic rings. The average molecular weight is 261 g/mol. The lowest BCUT2D eigenvalue weighted by atomic mass is 10.3. The number of nitrogen functional groups attached to an aromatic ring is 1. The number of anilines is 1. The van der Waals surface area contributed by atoms with E-state index in [0.717, 1.165) is 5.56 Å². The van der Waals surface area contributed by atoms with Gasteiger partial charge in [-0.2, -0.15) is 5.10 Å². The van der Waals surface area contributed by atoms with E-state index in [1.165, 1.54) is 0 Å². The van der Waals surface area contributed by atoms with Gasteiger partial charge < -0.3 is 10.3 Å². The molecule has 0 saturated carbocycles. The van der Waals surface area contributed by atoms with Crippen LogP contribution in [0.25, 0.3) is 0 Å². The van der Waals surface area contributed by atoms with Crippen molar-refractivity contribution < 1.29 is 4.79 Å². The van der Waals surface area contributed by atoms with E-state index < -0.39 is 0 Å². The van der Waals surface area contributed by atoms with Crippen molar-refractivity contribution >= 4 is 11.7 Å². The van der Waals surface area contributed by atoms with Gasteiger partial charge in [-0.15, -0.1) is 10.2 Å². The lowest BCUT2D eigenvalue weighted by Crippen LogP contribution is -2.27. The number of carbonyl (C=O) groups excluding carboxylic acids is 1. The molecule has 0 aromatic carbocycles. The van der Waals surface area contributed by atoms with E-state index in [0.29, 0.717) is 12.4 Å². The van der Waals surface area contributed by atoms with Crippen molar-refractivity contribution in [3.05, 3.63) is 35.8 Å². The predicted molar refractivity (Wildman–Crippen MR) is 68.8 cm³/mol. The van der Waals surface area contributed by atoms with Crippen LogP contribution in [0.2, 0.25) is 0 Å². The minimum absolute atomic E-state index is 0.208. The van der Waals surface area contributed by atoms with E-state index in [2.05, 4.69) is 20.7 Å². The molecule has 0 bridgehead atoms. The highest BCUT2D eigenvalue weighted by atomic mass is 16.2. The van der Waals surface area contributed by atoms with E-state index >= 15 is 0 Å². The molecule has 19 heavy (non-hydrogen) atoms. The molecule has 2 aromatic rings. The number of nitrogens with zero attached hydrogens (tertiary/aromatic N) is 5. The molecule has 0 unspecified atom stereocenters. The average Bonchev–Trinajstić information content (AvgIpc) is 2.83. The number of nitrogens with one attached hydrogen (secondary N) is 1. The van der Waals surface area contributed by atoms with Gasteiger partial charge in [-0.25, -0.2) is 5.84 Å². The highest BCUT2D eigenvalue weighted by Crippen LogP contribution is 2.07. The van der Waals surface area contributed by atoms with Crippen molar-refractivity contribution in [2.75, 3.05) is 12.5 Å². The summed E-state index contributed by atoms with van der Waals surface area (Å²) < 4.78 is 1.69. The summed E-state index contributed by atoms with van der Waals surface area (Å²) in [4.78, 5) is 13.7. The molecule has 2 heterocycles. The first-order valence-electron chi connectivity index (χ1n) is 5.63. The molecule has 0 spiro atoms. The van der Waals surface area contributed by atoms with E-state index in [1.807, 2.05) is 13.2 Å². The van der Waals surface area contributed by atoms with Crippen molar-refractivity contribution in [1.82, 2.24) is 24.9 Å². The maximum atomic E-state index is 12.1. The summed E-state index contributed by atoms with van der Waals surface area (Å²) in [5.41, 5.74) is 3.57. The quantitative estimate of drug-likeness (QED) is 0.582. The van der Waals surface area contributed by atoms with E-state index in [4.69, 9.17) is 5.84 Å². The zero-order valence-electron chi connectivity index (χ0n) is 10.7. The van der Waals surface area contributed by atoms with Gasteiger partial charge in [-0.1, -0.05) is 0 Å². The molecule has 100 valence electrons. The predicted octanol–water partition coefficient (Wildman–Crippen LogP) is -0.232. The maximum Gasteiger partial charge on any atom is 0.274 e. The van der Waals surface area contributed by atoms with Crippen molar-refractivity contribution in [3.8, 4) is 0 Å². The molecule has 3 N–H and O–H groups in total. The fraction of sp³-hybridized carbons (Fsp3) is 0.273. The normalized spacial score (nSPS) is 10.3. The van der Waals surface area contributed by atoms with Crippen LogP contribution in [0.3, 0.4) is 0 Å². The Kier molecular flexibility index (Phi) is 3.71.